The lowest BCUT2D eigenvalue weighted by molar-refractivity contribution is -0.0749. The second-order valence-corrected chi connectivity index (χ2v) is 5.69. The molecule has 0 aliphatic carbocycles. The summed E-state index contributed by atoms with van der Waals surface area (Å²) in [6.07, 6.45) is 1.53. The zero-order valence-corrected chi connectivity index (χ0v) is 11.6. The fraction of sp³-hybridized carbons (Fsp3) is 0.643. The van der Waals surface area contributed by atoms with Crippen LogP contribution < -0.4 is 4.90 Å². The second-order valence-electron chi connectivity index (χ2n) is 5.69. The van der Waals surface area contributed by atoms with Gasteiger partial charge in [0.05, 0.1) is 35.4 Å². The van der Waals surface area contributed by atoms with Gasteiger partial charge >= 0.3 is 0 Å². The molecule has 2 unspecified atom stereocenters. The van der Waals surface area contributed by atoms with Gasteiger partial charge in [0, 0.05) is 13.1 Å². The predicted octanol–water partition coefficient (Wildman–Crippen LogP) is 2.14. The number of pyridine rings is 1. The highest BCUT2D eigenvalue weighted by molar-refractivity contribution is 5.45. The van der Waals surface area contributed by atoms with E-state index in [1.165, 1.54) is 0 Å². The van der Waals surface area contributed by atoms with E-state index >= 15 is 0 Å². The minimum absolute atomic E-state index is 0.138. The number of aliphatic hydroxyl groups excluding tert-OH is 1. The van der Waals surface area contributed by atoms with Crippen LogP contribution in [-0.4, -0.2) is 34.9 Å². The highest BCUT2D eigenvalue weighted by Crippen LogP contribution is 2.26. The maximum Gasteiger partial charge on any atom is 0.0931 e. The molecular weight excluding hydrogens is 228 g/mol. The molecule has 4 nitrogen and oxygen atoms in total. The molecule has 1 fully saturated rings. The Morgan fingerprint density at radius 2 is 2.22 bits per heavy atom. The Kier molecular flexibility index (Phi) is 3.59. The van der Waals surface area contributed by atoms with Crippen molar-refractivity contribution in [2.45, 2.75) is 45.5 Å². The van der Waals surface area contributed by atoms with Gasteiger partial charge in [0.15, 0.2) is 0 Å². The lowest BCUT2D eigenvalue weighted by Crippen LogP contribution is -2.52. The van der Waals surface area contributed by atoms with Crippen molar-refractivity contribution in [3.05, 3.63) is 24.0 Å². The maximum atomic E-state index is 9.45. The summed E-state index contributed by atoms with van der Waals surface area (Å²) in [5.74, 6) is 0. The Bertz CT molecular complexity index is 401. The van der Waals surface area contributed by atoms with Gasteiger partial charge in [-0.15, -0.1) is 0 Å². The van der Waals surface area contributed by atoms with Crippen LogP contribution in [0.3, 0.4) is 0 Å². The molecule has 0 saturated carbocycles. The number of hydrogen-bond acceptors (Lipinski definition) is 4. The van der Waals surface area contributed by atoms with E-state index in [2.05, 4.69) is 30.7 Å². The summed E-state index contributed by atoms with van der Waals surface area (Å²) in [5.41, 5.74) is 1.66. The summed E-state index contributed by atoms with van der Waals surface area (Å²) in [6, 6.07) is 3.90. The van der Waals surface area contributed by atoms with E-state index in [0.717, 1.165) is 18.8 Å². The topological polar surface area (TPSA) is 45.6 Å². The summed E-state index contributed by atoms with van der Waals surface area (Å²) in [4.78, 5) is 6.58. The normalized spacial score (nSPS) is 24.9. The molecule has 2 heterocycles. The largest absolute Gasteiger partial charge is 0.387 e. The van der Waals surface area contributed by atoms with Crippen molar-refractivity contribution in [2.24, 2.45) is 0 Å². The molecular formula is C14H22N2O2. The molecule has 1 aromatic rings. The van der Waals surface area contributed by atoms with Gasteiger partial charge in [-0.25, -0.2) is 0 Å². The molecule has 1 saturated heterocycles. The average Bonchev–Trinajstić information content (AvgIpc) is 2.26. The van der Waals surface area contributed by atoms with Gasteiger partial charge in [0.1, 0.15) is 0 Å². The Morgan fingerprint density at radius 3 is 2.72 bits per heavy atom. The number of aromatic nitrogens is 1. The first-order valence-corrected chi connectivity index (χ1v) is 6.44. The zero-order valence-electron chi connectivity index (χ0n) is 11.6. The van der Waals surface area contributed by atoms with Gasteiger partial charge in [-0.2, -0.15) is 0 Å². The van der Waals surface area contributed by atoms with E-state index in [1.54, 1.807) is 6.92 Å². The zero-order chi connectivity index (χ0) is 13.3. The van der Waals surface area contributed by atoms with E-state index in [0.29, 0.717) is 5.69 Å². The van der Waals surface area contributed by atoms with Gasteiger partial charge < -0.3 is 14.7 Å². The number of aliphatic hydroxyl groups is 1. The molecule has 1 aliphatic heterocycles. The van der Waals surface area contributed by atoms with E-state index in [4.69, 9.17) is 4.74 Å². The number of anilines is 1. The van der Waals surface area contributed by atoms with Gasteiger partial charge in [-0.05, 0) is 39.8 Å². The Labute approximate surface area is 109 Å². The Hall–Kier alpha value is -1.13. The molecule has 0 amide bonds. The number of rotatable bonds is 2. The summed E-state index contributed by atoms with van der Waals surface area (Å²) in [6.45, 7) is 9.75. The fourth-order valence-corrected chi connectivity index (χ4v) is 2.48. The van der Waals surface area contributed by atoms with Gasteiger partial charge in [0.2, 0.25) is 0 Å². The SMILES string of the molecule is CC1CN(c2ccc(C(C)O)nc2)CC(C)(C)O1. The molecule has 1 aromatic heterocycles. The monoisotopic (exact) mass is 250 g/mol. The Morgan fingerprint density at radius 1 is 1.50 bits per heavy atom. The van der Waals surface area contributed by atoms with Crippen molar-refractivity contribution in [3.8, 4) is 0 Å². The van der Waals surface area contributed by atoms with Crippen molar-refractivity contribution in [1.29, 1.82) is 0 Å². The van der Waals surface area contributed by atoms with Crippen molar-refractivity contribution in [3.63, 3.8) is 0 Å². The van der Waals surface area contributed by atoms with E-state index in [-0.39, 0.29) is 11.7 Å². The van der Waals surface area contributed by atoms with Crippen molar-refractivity contribution in [2.75, 3.05) is 18.0 Å². The minimum atomic E-state index is -0.515. The first kappa shape index (κ1) is 13.3. The van der Waals surface area contributed by atoms with Crippen LogP contribution in [0.15, 0.2) is 18.3 Å². The lowest BCUT2D eigenvalue weighted by atomic mass is 10.0. The molecule has 1 aliphatic rings. The lowest BCUT2D eigenvalue weighted by Gasteiger charge is -2.42. The number of hydrogen-bond donors (Lipinski definition) is 1. The minimum Gasteiger partial charge on any atom is -0.387 e. The third kappa shape index (κ3) is 3.00. The number of morpholine rings is 1. The predicted molar refractivity (Wildman–Crippen MR) is 71.7 cm³/mol. The molecule has 0 bridgehead atoms. The molecule has 100 valence electrons. The molecule has 0 aromatic carbocycles. The molecule has 1 N–H and O–H groups in total. The van der Waals surface area contributed by atoms with Crippen LogP contribution >= 0.6 is 0 Å². The maximum absolute atomic E-state index is 9.45. The first-order chi connectivity index (χ1) is 8.37. The van der Waals surface area contributed by atoms with Gasteiger partial charge in [-0.3, -0.25) is 4.98 Å². The summed E-state index contributed by atoms with van der Waals surface area (Å²) in [7, 11) is 0. The molecule has 2 atom stereocenters. The van der Waals surface area contributed by atoms with Crippen LogP contribution in [0.25, 0.3) is 0 Å². The van der Waals surface area contributed by atoms with Crippen molar-refractivity contribution < 1.29 is 9.84 Å². The summed E-state index contributed by atoms with van der Waals surface area (Å²) >= 11 is 0. The number of nitrogens with zero attached hydrogens (tertiary/aromatic N) is 2. The molecule has 0 spiro atoms. The standard InChI is InChI=1S/C14H22N2O2/c1-10-8-16(9-14(3,4)18-10)12-5-6-13(11(2)17)15-7-12/h5-7,10-11,17H,8-9H2,1-4H3. The smallest absolute Gasteiger partial charge is 0.0931 e. The van der Waals surface area contributed by atoms with E-state index in [1.807, 2.05) is 18.3 Å². The van der Waals surface area contributed by atoms with Gasteiger partial charge in [0.25, 0.3) is 0 Å². The summed E-state index contributed by atoms with van der Waals surface area (Å²) < 4.78 is 5.89. The third-order valence-electron chi connectivity index (χ3n) is 3.13. The van der Waals surface area contributed by atoms with E-state index in [9.17, 15) is 5.11 Å². The van der Waals surface area contributed by atoms with E-state index < -0.39 is 6.10 Å². The molecule has 2 rings (SSSR count). The van der Waals surface area contributed by atoms with Crippen LogP contribution in [0, 0.1) is 0 Å². The average molecular weight is 250 g/mol. The summed E-state index contributed by atoms with van der Waals surface area (Å²) in [5, 5.41) is 9.45. The van der Waals surface area contributed by atoms with Crippen LogP contribution in [-0.2, 0) is 4.74 Å². The van der Waals surface area contributed by atoms with Crippen molar-refractivity contribution in [1.82, 2.24) is 4.98 Å². The quantitative estimate of drug-likeness (QED) is 0.873. The van der Waals surface area contributed by atoms with Gasteiger partial charge in [-0.1, -0.05) is 0 Å². The fourth-order valence-electron chi connectivity index (χ4n) is 2.48. The highest BCUT2D eigenvalue weighted by Gasteiger charge is 2.31. The molecule has 4 heteroatoms. The third-order valence-corrected chi connectivity index (χ3v) is 3.13. The Balaban J connectivity index is 2.15. The molecule has 0 radical (unpaired) electrons. The van der Waals surface area contributed by atoms with Crippen LogP contribution in [0.1, 0.15) is 39.5 Å². The molecule has 18 heavy (non-hydrogen) atoms. The van der Waals surface area contributed by atoms with Crippen LogP contribution in [0.2, 0.25) is 0 Å². The van der Waals surface area contributed by atoms with Crippen LogP contribution in [0.4, 0.5) is 5.69 Å². The number of ether oxygens (including phenoxy) is 1. The second kappa shape index (κ2) is 4.86. The van der Waals surface area contributed by atoms with Crippen LogP contribution in [0.5, 0.6) is 0 Å². The first-order valence-electron chi connectivity index (χ1n) is 6.44. The highest BCUT2D eigenvalue weighted by atomic mass is 16.5. The van der Waals surface area contributed by atoms with Crippen molar-refractivity contribution >= 4 is 5.69 Å².